The van der Waals surface area contributed by atoms with E-state index in [0.29, 0.717) is 0 Å². The number of hydrogen-bond acceptors (Lipinski definition) is 4. The van der Waals surface area contributed by atoms with E-state index in [1.54, 1.807) is 0 Å². The van der Waals surface area contributed by atoms with Crippen molar-refractivity contribution in [1.29, 1.82) is 0 Å². The summed E-state index contributed by atoms with van der Waals surface area (Å²) in [5.74, 6) is 0. The van der Waals surface area contributed by atoms with Crippen LogP contribution in [0.2, 0.25) is 0 Å². The minimum atomic E-state index is 0.772. The van der Waals surface area contributed by atoms with E-state index in [2.05, 4.69) is 76.0 Å². The van der Waals surface area contributed by atoms with Gasteiger partial charge >= 0.3 is 0 Å². The molecular weight excluding hydrogens is 296 g/mol. The van der Waals surface area contributed by atoms with Gasteiger partial charge in [0.2, 0.25) is 0 Å². The smallest absolute Gasteiger partial charge is 0.0245 e. The van der Waals surface area contributed by atoms with Crippen LogP contribution in [0.25, 0.3) is 0 Å². The fraction of sp³-hybridized carbons (Fsp3) is 1.00. The lowest BCUT2D eigenvalue weighted by molar-refractivity contribution is 0.110. The first kappa shape index (κ1) is 21.9. The number of nitrogens with zero attached hydrogens (tertiary/aromatic N) is 4. The van der Waals surface area contributed by atoms with E-state index < -0.39 is 0 Å². The van der Waals surface area contributed by atoms with Gasteiger partial charge in [0.15, 0.2) is 0 Å². The third-order valence-corrected chi connectivity index (χ3v) is 6.04. The first-order valence-electron chi connectivity index (χ1n) is 9.91. The van der Waals surface area contributed by atoms with Crippen molar-refractivity contribution in [3.8, 4) is 0 Å². The zero-order chi connectivity index (χ0) is 18.3. The van der Waals surface area contributed by atoms with E-state index in [9.17, 15) is 0 Å². The normalized spacial score (nSPS) is 31.5. The fourth-order valence-electron chi connectivity index (χ4n) is 4.59. The Morgan fingerprint density at radius 2 is 0.542 bits per heavy atom. The molecule has 0 amide bonds. The maximum atomic E-state index is 2.38. The Kier molecular flexibility index (Phi) is 9.80. The molecule has 24 heavy (non-hydrogen) atoms. The molecule has 144 valence electrons. The summed E-state index contributed by atoms with van der Waals surface area (Å²) >= 11 is 0. The average Bonchev–Trinajstić information content (AvgIpc) is 2.55. The molecule has 0 aliphatic heterocycles. The molecule has 2 aliphatic rings. The van der Waals surface area contributed by atoms with Crippen LogP contribution in [0.5, 0.6) is 0 Å². The second-order valence-corrected chi connectivity index (χ2v) is 8.69. The minimum Gasteiger partial charge on any atom is -0.305 e. The molecule has 0 spiro atoms. The van der Waals surface area contributed by atoms with Crippen molar-refractivity contribution in [2.45, 2.75) is 75.5 Å². The highest BCUT2D eigenvalue weighted by molar-refractivity contribution is 4.86. The molecule has 0 aromatic carbocycles. The Balaban J connectivity index is 0.000000240. The van der Waals surface area contributed by atoms with Crippen molar-refractivity contribution in [3.63, 3.8) is 0 Å². The summed E-state index contributed by atoms with van der Waals surface area (Å²) in [6.07, 6.45) is 11.1. The zero-order valence-corrected chi connectivity index (χ0v) is 17.8. The van der Waals surface area contributed by atoms with E-state index in [4.69, 9.17) is 0 Å². The summed E-state index contributed by atoms with van der Waals surface area (Å²) in [5, 5.41) is 0. The van der Waals surface area contributed by atoms with Crippen molar-refractivity contribution < 1.29 is 0 Å². The topological polar surface area (TPSA) is 13.0 Å². The predicted octanol–water partition coefficient (Wildman–Crippen LogP) is 2.84. The Morgan fingerprint density at radius 1 is 0.375 bits per heavy atom. The minimum absolute atomic E-state index is 0.772. The molecule has 0 radical (unpaired) electrons. The third-order valence-electron chi connectivity index (χ3n) is 6.04. The van der Waals surface area contributed by atoms with Gasteiger partial charge in [0, 0.05) is 24.2 Å². The summed E-state index contributed by atoms with van der Waals surface area (Å²) in [6.45, 7) is 0. The predicted molar refractivity (Wildman–Crippen MR) is 107 cm³/mol. The van der Waals surface area contributed by atoms with E-state index in [-0.39, 0.29) is 0 Å². The van der Waals surface area contributed by atoms with Gasteiger partial charge in [-0.15, -0.1) is 0 Å². The summed E-state index contributed by atoms with van der Waals surface area (Å²) in [7, 11) is 17.6. The molecule has 0 bridgehead atoms. The molecule has 0 unspecified atom stereocenters. The van der Waals surface area contributed by atoms with Crippen LogP contribution in [0.4, 0.5) is 0 Å². The molecule has 0 N–H and O–H groups in total. The summed E-state index contributed by atoms with van der Waals surface area (Å²) < 4.78 is 0. The van der Waals surface area contributed by atoms with E-state index in [0.717, 1.165) is 24.2 Å². The van der Waals surface area contributed by atoms with Crippen molar-refractivity contribution in [2.75, 3.05) is 56.4 Å². The monoisotopic (exact) mass is 340 g/mol. The van der Waals surface area contributed by atoms with E-state index in [1.807, 2.05) is 0 Å². The van der Waals surface area contributed by atoms with Gasteiger partial charge in [-0.3, -0.25) is 0 Å². The van der Waals surface area contributed by atoms with Gasteiger partial charge in [0.05, 0.1) is 0 Å². The molecule has 0 aromatic heterocycles. The quantitative estimate of drug-likeness (QED) is 0.780. The molecule has 2 fully saturated rings. The van der Waals surface area contributed by atoms with Gasteiger partial charge in [0.25, 0.3) is 0 Å². The van der Waals surface area contributed by atoms with Gasteiger partial charge in [-0.2, -0.15) is 0 Å². The number of likely N-dealkylation sites (N-methyl/N-ethyl adjacent to an activating group) is 4. The van der Waals surface area contributed by atoms with Crippen LogP contribution in [0.1, 0.15) is 51.4 Å². The molecule has 0 heterocycles. The van der Waals surface area contributed by atoms with Crippen LogP contribution >= 0.6 is 0 Å². The standard InChI is InChI=1S/2C10H22N2/c2*1-11(2)9-7-5-6-8-10(9)12(3)4/h2*9-10H,5-8H2,1-4H3/t2*9-,10-/m10/s1. The third kappa shape index (κ3) is 6.62. The Labute approximate surface area is 152 Å². The summed E-state index contributed by atoms with van der Waals surface area (Å²) in [4.78, 5) is 9.52. The number of rotatable bonds is 4. The van der Waals surface area contributed by atoms with Crippen LogP contribution in [0.15, 0.2) is 0 Å². The highest BCUT2D eigenvalue weighted by atomic mass is 15.2. The molecule has 4 nitrogen and oxygen atoms in total. The maximum Gasteiger partial charge on any atom is 0.0245 e. The lowest BCUT2D eigenvalue weighted by atomic mass is 9.89. The van der Waals surface area contributed by atoms with Gasteiger partial charge in [-0.25, -0.2) is 0 Å². The second kappa shape index (κ2) is 10.7. The first-order valence-corrected chi connectivity index (χ1v) is 9.91. The van der Waals surface area contributed by atoms with Gasteiger partial charge in [-0.1, -0.05) is 25.7 Å². The summed E-state index contributed by atoms with van der Waals surface area (Å²) in [5.41, 5.74) is 0. The first-order chi connectivity index (χ1) is 11.3. The molecule has 2 saturated carbocycles. The highest BCUT2D eigenvalue weighted by Gasteiger charge is 2.28. The second-order valence-electron chi connectivity index (χ2n) is 8.69. The van der Waals surface area contributed by atoms with Crippen LogP contribution in [0, 0.1) is 0 Å². The van der Waals surface area contributed by atoms with Crippen LogP contribution in [-0.2, 0) is 0 Å². The lowest BCUT2D eigenvalue weighted by Crippen LogP contribution is -2.48. The molecule has 2 aliphatic carbocycles. The van der Waals surface area contributed by atoms with Crippen molar-refractivity contribution in [3.05, 3.63) is 0 Å². The van der Waals surface area contributed by atoms with E-state index >= 15 is 0 Å². The van der Waals surface area contributed by atoms with E-state index in [1.165, 1.54) is 51.4 Å². The summed E-state index contributed by atoms with van der Waals surface area (Å²) in [6, 6.07) is 3.09. The number of hydrogen-bond donors (Lipinski definition) is 0. The molecule has 0 saturated heterocycles. The van der Waals surface area contributed by atoms with Crippen molar-refractivity contribution in [2.24, 2.45) is 0 Å². The van der Waals surface area contributed by atoms with Gasteiger partial charge < -0.3 is 19.6 Å². The highest BCUT2D eigenvalue weighted by Crippen LogP contribution is 2.25. The fourth-order valence-corrected chi connectivity index (χ4v) is 4.59. The van der Waals surface area contributed by atoms with Gasteiger partial charge in [0.1, 0.15) is 0 Å². The van der Waals surface area contributed by atoms with Crippen LogP contribution in [0.3, 0.4) is 0 Å². The maximum absolute atomic E-state index is 2.38. The van der Waals surface area contributed by atoms with Gasteiger partial charge in [-0.05, 0) is 82.1 Å². The average molecular weight is 341 g/mol. The molecule has 4 heteroatoms. The largest absolute Gasteiger partial charge is 0.305 e. The lowest BCUT2D eigenvalue weighted by Gasteiger charge is -2.39. The Bertz CT molecular complexity index is 264. The van der Waals surface area contributed by atoms with Crippen LogP contribution < -0.4 is 0 Å². The van der Waals surface area contributed by atoms with Crippen LogP contribution in [-0.4, -0.2) is 100 Å². The molecule has 2 rings (SSSR count). The van der Waals surface area contributed by atoms with Crippen molar-refractivity contribution in [1.82, 2.24) is 19.6 Å². The zero-order valence-electron chi connectivity index (χ0n) is 17.8. The Morgan fingerprint density at radius 3 is 0.667 bits per heavy atom. The van der Waals surface area contributed by atoms with Crippen molar-refractivity contribution >= 4 is 0 Å². The molecule has 4 atom stereocenters. The molecular formula is C20H44N4. The molecule has 0 aromatic rings. The SMILES string of the molecule is CN(C)[C@@H]1CCCC[C@H]1N(C)C.CN(C)[C@H]1CCCC[C@@H]1N(C)C. The Hall–Kier alpha value is -0.160.